The van der Waals surface area contributed by atoms with Gasteiger partial charge in [0.05, 0.1) is 12.8 Å². The number of aromatic nitrogens is 2. The second-order valence-electron chi connectivity index (χ2n) is 6.63. The fraction of sp³-hybridized carbons (Fsp3) is 0.0435. The molecule has 150 valence electrons. The summed E-state index contributed by atoms with van der Waals surface area (Å²) in [5, 5.41) is 23.1. The van der Waals surface area contributed by atoms with Gasteiger partial charge in [0.15, 0.2) is 0 Å². The number of benzene rings is 3. The Kier molecular flexibility index (Phi) is 5.09. The quantitative estimate of drug-likeness (QED) is 0.388. The fourth-order valence-electron chi connectivity index (χ4n) is 3.09. The highest BCUT2D eigenvalue weighted by Gasteiger charge is 2.12. The summed E-state index contributed by atoms with van der Waals surface area (Å²) in [5.41, 5.74) is 9.46. The van der Waals surface area contributed by atoms with Crippen molar-refractivity contribution < 1.29 is 14.9 Å². The summed E-state index contributed by atoms with van der Waals surface area (Å²) in [6, 6.07) is 21.2. The van der Waals surface area contributed by atoms with E-state index < -0.39 is 0 Å². The van der Waals surface area contributed by atoms with Gasteiger partial charge in [0.2, 0.25) is 5.95 Å². The molecular weight excluding hydrogens is 380 g/mol. The van der Waals surface area contributed by atoms with Crippen LogP contribution in [0.3, 0.4) is 0 Å². The lowest BCUT2D eigenvalue weighted by Gasteiger charge is -2.12. The molecule has 5 N–H and O–H groups in total. The van der Waals surface area contributed by atoms with E-state index in [0.29, 0.717) is 22.8 Å². The highest BCUT2D eigenvalue weighted by Crippen LogP contribution is 2.34. The van der Waals surface area contributed by atoms with Crippen LogP contribution in [0.25, 0.3) is 22.4 Å². The summed E-state index contributed by atoms with van der Waals surface area (Å²) in [5.74, 6) is 1.53. The Labute approximate surface area is 173 Å². The van der Waals surface area contributed by atoms with Gasteiger partial charge in [-0.15, -0.1) is 0 Å². The first-order chi connectivity index (χ1) is 14.5. The number of hydrogen-bond donors (Lipinski definition) is 4. The number of nitrogen functional groups attached to an aromatic ring is 1. The molecule has 1 aromatic heterocycles. The molecule has 0 unspecified atom stereocenters. The Morgan fingerprint density at radius 2 is 1.63 bits per heavy atom. The first-order valence-electron chi connectivity index (χ1n) is 9.20. The molecule has 0 atom stereocenters. The minimum Gasteiger partial charge on any atom is -0.508 e. The van der Waals surface area contributed by atoms with Crippen molar-refractivity contribution >= 4 is 17.5 Å². The van der Waals surface area contributed by atoms with Gasteiger partial charge >= 0.3 is 0 Å². The van der Waals surface area contributed by atoms with Crippen molar-refractivity contribution in [3.05, 3.63) is 72.8 Å². The topological polar surface area (TPSA) is 114 Å². The van der Waals surface area contributed by atoms with Crippen molar-refractivity contribution in [3.8, 4) is 39.6 Å². The van der Waals surface area contributed by atoms with Crippen LogP contribution in [-0.2, 0) is 0 Å². The van der Waals surface area contributed by atoms with Crippen LogP contribution < -0.4 is 15.8 Å². The molecule has 3 aromatic carbocycles. The Morgan fingerprint density at radius 3 is 2.40 bits per heavy atom. The molecule has 30 heavy (non-hydrogen) atoms. The average Bonchev–Trinajstić information content (AvgIpc) is 2.74. The lowest BCUT2D eigenvalue weighted by Crippen LogP contribution is -2.02. The first kappa shape index (κ1) is 19.1. The van der Waals surface area contributed by atoms with Gasteiger partial charge in [-0.05, 0) is 47.5 Å². The van der Waals surface area contributed by atoms with Gasteiger partial charge in [-0.2, -0.15) is 4.98 Å². The maximum Gasteiger partial charge on any atom is 0.222 e. The number of nitrogens with two attached hydrogens (primary N) is 1. The molecule has 0 aliphatic heterocycles. The van der Waals surface area contributed by atoms with Crippen molar-refractivity contribution in [2.75, 3.05) is 18.2 Å². The van der Waals surface area contributed by atoms with E-state index in [0.717, 1.165) is 16.8 Å². The van der Waals surface area contributed by atoms with Crippen LogP contribution in [0.4, 0.5) is 17.5 Å². The van der Waals surface area contributed by atoms with Crippen LogP contribution in [0.5, 0.6) is 17.2 Å². The summed E-state index contributed by atoms with van der Waals surface area (Å²) in [4.78, 5) is 8.53. The number of phenolic OH excluding ortho intramolecular Hbond substituents is 2. The van der Waals surface area contributed by atoms with E-state index in [1.807, 2.05) is 30.3 Å². The first-order valence-corrected chi connectivity index (χ1v) is 9.20. The summed E-state index contributed by atoms with van der Waals surface area (Å²) in [7, 11) is 1.60. The Balaban J connectivity index is 1.71. The zero-order valence-corrected chi connectivity index (χ0v) is 16.2. The molecule has 0 saturated heterocycles. The van der Waals surface area contributed by atoms with Crippen LogP contribution >= 0.6 is 0 Å². The number of anilines is 3. The smallest absolute Gasteiger partial charge is 0.222 e. The minimum absolute atomic E-state index is 0.0722. The van der Waals surface area contributed by atoms with E-state index in [-0.39, 0.29) is 17.4 Å². The highest BCUT2D eigenvalue weighted by molar-refractivity contribution is 5.78. The normalized spacial score (nSPS) is 10.6. The average molecular weight is 400 g/mol. The van der Waals surface area contributed by atoms with Gasteiger partial charge in [-0.25, -0.2) is 4.98 Å². The lowest BCUT2D eigenvalue weighted by atomic mass is 10.0. The van der Waals surface area contributed by atoms with Gasteiger partial charge in [0.25, 0.3) is 0 Å². The van der Waals surface area contributed by atoms with E-state index in [1.165, 1.54) is 0 Å². The molecule has 0 saturated carbocycles. The monoisotopic (exact) mass is 400 g/mol. The third kappa shape index (κ3) is 4.10. The zero-order chi connectivity index (χ0) is 21.1. The van der Waals surface area contributed by atoms with E-state index >= 15 is 0 Å². The van der Waals surface area contributed by atoms with Crippen LogP contribution in [0.15, 0.2) is 72.8 Å². The number of ether oxygens (including phenoxy) is 1. The maximum atomic E-state index is 10.4. The summed E-state index contributed by atoms with van der Waals surface area (Å²) >= 11 is 0. The van der Waals surface area contributed by atoms with Gasteiger partial charge < -0.3 is 26.0 Å². The van der Waals surface area contributed by atoms with E-state index in [2.05, 4.69) is 15.3 Å². The van der Waals surface area contributed by atoms with E-state index in [1.54, 1.807) is 49.6 Å². The fourth-order valence-corrected chi connectivity index (χ4v) is 3.09. The molecule has 0 radical (unpaired) electrons. The number of nitrogens with zero attached hydrogens (tertiary/aromatic N) is 2. The van der Waals surface area contributed by atoms with Gasteiger partial charge in [0.1, 0.15) is 23.1 Å². The summed E-state index contributed by atoms with van der Waals surface area (Å²) in [6.45, 7) is 0. The molecule has 4 aromatic rings. The Bertz CT molecular complexity index is 1190. The van der Waals surface area contributed by atoms with Crippen molar-refractivity contribution in [2.45, 2.75) is 0 Å². The van der Waals surface area contributed by atoms with Crippen molar-refractivity contribution in [1.29, 1.82) is 0 Å². The third-order valence-electron chi connectivity index (χ3n) is 4.56. The zero-order valence-electron chi connectivity index (χ0n) is 16.2. The van der Waals surface area contributed by atoms with Crippen LogP contribution in [0.2, 0.25) is 0 Å². The molecule has 0 bridgehead atoms. The van der Waals surface area contributed by atoms with Crippen LogP contribution in [0, 0.1) is 0 Å². The second-order valence-corrected chi connectivity index (χ2v) is 6.63. The molecular formula is C23H20N4O3. The Hall–Kier alpha value is -4.26. The standard InChI is InChI=1S/C23H20N4O3/c1-30-18-4-2-3-16(12-18)25-22-13-20(26-23(24)27-22)19-11-15(7-10-21(19)29)14-5-8-17(28)9-6-14/h2-13,28-29H,1H3,(H3,24,25,26,27). The van der Waals surface area contributed by atoms with Gasteiger partial charge in [0, 0.05) is 23.4 Å². The van der Waals surface area contributed by atoms with Crippen molar-refractivity contribution in [1.82, 2.24) is 9.97 Å². The molecule has 0 aliphatic carbocycles. The number of aromatic hydroxyl groups is 2. The molecule has 7 heteroatoms. The molecule has 0 fully saturated rings. The van der Waals surface area contributed by atoms with E-state index in [9.17, 15) is 10.2 Å². The molecule has 0 aliphatic rings. The number of methoxy groups -OCH3 is 1. The molecule has 1 heterocycles. The third-order valence-corrected chi connectivity index (χ3v) is 4.56. The number of rotatable bonds is 5. The van der Waals surface area contributed by atoms with Crippen molar-refractivity contribution in [3.63, 3.8) is 0 Å². The van der Waals surface area contributed by atoms with E-state index in [4.69, 9.17) is 10.5 Å². The van der Waals surface area contributed by atoms with Crippen LogP contribution in [-0.4, -0.2) is 27.3 Å². The predicted octanol–water partition coefficient (Wildman–Crippen LogP) is 4.56. The van der Waals surface area contributed by atoms with Gasteiger partial charge in [-0.3, -0.25) is 0 Å². The van der Waals surface area contributed by atoms with Crippen molar-refractivity contribution in [2.24, 2.45) is 0 Å². The SMILES string of the molecule is COc1cccc(Nc2cc(-c3cc(-c4ccc(O)cc4)ccc3O)nc(N)n2)c1. The predicted molar refractivity (Wildman–Crippen MR) is 117 cm³/mol. The number of hydrogen-bond acceptors (Lipinski definition) is 7. The van der Waals surface area contributed by atoms with Crippen LogP contribution in [0.1, 0.15) is 0 Å². The Morgan fingerprint density at radius 1 is 0.867 bits per heavy atom. The highest BCUT2D eigenvalue weighted by atomic mass is 16.5. The number of phenols is 2. The summed E-state index contributed by atoms with van der Waals surface area (Å²) < 4.78 is 5.24. The molecule has 7 nitrogen and oxygen atoms in total. The number of nitrogens with one attached hydrogen (secondary N) is 1. The summed E-state index contributed by atoms with van der Waals surface area (Å²) in [6.07, 6.45) is 0. The molecule has 0 amide bonds. The molecule has 0 spiro atoms. The minimum atomic E-state index is 0.0722. The lowest BCUT2D eigenvalue weighted by molar-refractivity contribution is 0.415. The largest absolute Gasteiger partial charge is 0.508 e. The maximum absolute atomic E-state index is 10.4. The molecule has 4 rings (SSSR count). The van der Waals surface area contributed by atoms with Gasteiger partial charge in [-0.1, -0.05) is 24.3 Å². The second kappa shape index (κ2) is 8.00.